The molecule has 3 N–H and O–H groups in total. The van der Waals surface area contributed by atoms with E-state index in [0.29, 0.717) is 62.4 Å². The molecule has 3 aliphatic rings. The van der Waals surface area contributed by atoms with Gasteiger partial charge in [0.15, 0.2) is 0 Å². The van der Waals surface area contributed by atoms with E-state index in [1.165, 1.54) is 12.1 Å². The standard InChI is InChI=1S/C30H29F3N8O4/c31-30(32,33)18-3-1-4-19(17-18)39-13-15-40(16-14-39)29-36-10-9-23(37-29)35-12-11-34-21-6-2-5-20-25(21)28(45)41(27(20)44)22-7-8-24(42)38-26(22)43/h1-6,9-10,17,22,34H,7-8,11-16H2,(H,35,36,37)(H,38,42,43). The molecule has 1 aromatic heterocycles. The van der Waals surface area contributed by atoms with Crippen molar-refractivity contribution in [2.75, 3.05) is 59.7 Å². The highest BCUT2D eigenvalue weighted by Crippen LogP contribution is 2.33. The van der Waals surface area contributed by atoms with E-state index in [-0.39, 0.29) is 24.0 Å². The number of hydrogen-bond donors (Lipinski definition) is 3. The number of piperazine rings is 1. The minimum Gasteiger partial charge on any atom is -0.383 e. The van der Waals surface area contributed by atoms with Gasteiger partial charge in [0.1, 0.15) is 11.9 Å². The molecule has 234 valence electrons. The number of benzene rings is 2. The van der Waals surface area contributed by atoms with Gasteiger partial charge in [-0.05, 0) is 42.8 Å². The van der Waals surface area contributed by atoms with Gasteiger partial charge in [-0.15, -0.1) is 0 Å². The van der Waals surface area contributed by atoms with Crippen LogP contribution in [0.3, 0.4) is 0 Å². The molecule has 0 spiro atoms. The molecule has 2 saturated heterocycles. The highest BCUT2D eigenvalue weighted by atomic mass is 19.4. The van der Waals surface area contributed by atoms with Crippen LogP contribution in [-0.2, 0) is 15.8 Å². The summed E-state index contributed by atoms with van der Waals surface area (Å²) < 4.78 is 39.4. The van der Waals surface area contributed by atoms with Crippen molar-refractivity contribution < 1.29 is 32.3 Å². The molecular weight excluding hydrogens is 593 g/mol. The van der Waals surface area contributed by atoms with Gasteiger partial charge in [0.05, 0.1) is 16.7 Å². The van der Waals surface area contributed by atoms with Crippen LogP contribution in [0.25, 0.3) is 0 Å². The Labute approximate surface area is 255 Å². The van der Waals surface area contributed by atoms with Crippen LogP contribution < -0.4 is 25.8 Å². The molecule has 45 heavy (non-hydrogen) atoms. The topological polar surface area (TPSA) is 140 Å². The number of alkyl halides is 3. The van der Waals surface area contributed by atoms with Crippen LogP contribution in [0.2, 0.25) is 0 Å². The third-order valence-corrected chi connectivity index (χ3v) is 7.96. The number of nitrogens with zero attached hydrogens (tertiary/aromatic N) is 5. The van der Waals surface area contributed by atoms with E-state index in [9.17, 15) is 32.3 Å². The Bertz CT molecular complexity index is 1660. The van der Waals surface area contributed by atoms with E-state index in [1.54, 1.807) is 30.5 Å². The third-order valence-electron chi connectivity index (χ3n) is 7.96. The summed E-state index contributed by atoms with van der Waals surface area (Å²) in [4.78, 5) is 63.9. The molecule has 0 saturated carbocycles. The molecule has 6 rings (SSSR count). The molecule has 1 atom stereocenters. The first kappa shape index (κ1) is 29.8. The lowest BCUT2D eigenvalue weighted by Gasteiger charge is -2.36. The molecule has 0 aliphatic carbocycles. The Morgan fingerprint density at radius 3 is 2.38 bits per heavy atom. The highest BCUT2D eigenvalue weighted by Gasteiger charge is 2.45. The SMILES string of the molecule is O=C1CCC(N2C(=O)c3cccc(NCCNc4ccnc(N5CCN(c6cccc(C(F)(F)F)c6)CC5)n4)c3C2=O)C(=O)N1. The number of imide groups is 2. The van der Waals surface area contributed by atoms with Crippen molar-refractivity contribution in [1.82, 2.24) is 20.2 Å². The number of aromatic nitrogens is 2. The van der Waals surface area contributed by atoms with Crippen LogP contribution in [0.5, 0.6) is 0 Å². The average molecular weight is 623 g/mol. The molecule has 4 heterocycles. The van der Waals surface area contributed by atoms with Gasteiger partial charge in [0.25, 0.3) is 11.8 Å². The van der Waals surface area contributed by atoms with Gasteiger partial charge in [-0.3, -0.25) is 29.4 Å². The van der Waals surface area contributed by atoms with Gasteiger partial charge in [0, 0.05) is 63.3 Å². The van der Waals surface area contributed by atoms with Gasteiger partial charge in [0.2, 0.25) is 17.8 Å². The van der Waals surface area contributed by atoms with Crippen molar-refractivity contribution in [3.63, 3.8) is 0 Å². The summed E-state index contributed by atoms with van der Waals surface area (Å²) in [5.74, 6) is -1.20. The molecule has 3 aliphatic heterocycles. The van der Waals surface area contributed by atoms with E-state index < -0.39 is 41.4 Å². The van der Waals surface area contributed by atoms with Crippen molar-refractivity contribution in [2.45, 2.75) is 25.1 Å². The van der Waals surface area contributed by atoms with E-state index in [0.717, 1.165) is 17.0 Å². The molecular formula is C30H29F3N8O4. The Balaban J connectivity index is 1.03. The second kappa shape index (κ2) is 12.1. The van der Waals surface area contributed by atoms with Gasteiger partial charge in [-0.1, -0.05) is 12.1 Å². The molecule has 15 heteroatoms. The maximum Gasteiger partial charge on any atom is 0.416 e. The van der Waals surface area contributed by atoms with Crippen molar-refractivity contribution in [2.24, 2.45) is 0 Å². The minimum atomic E-state index is -4.40. The number of rotatable bonds is 8. The number of nitrogens with one attached hydrogen (secondary N) is 3. The van der Waals surface area contributed by atoms with Crippen molar-refractivity contribution >= 4 is 46.8 Å². The lowest BCUT2D eigenvalue weighted by Crippen LogP contribution is -2.54. The van der Waals surface area contributed by atoms with Crippen LogP contribution >= 0.6 is 0 Å². The fourth-order valence-electron chi connectivity index (χ4n) is 5.69. The van der Waals surface area contributed by atoms with Crippen LogP contribution in [-0.4, -0.2) is 83.8 Å². The number of carbonyl (C=O) groups is 4. The number of piperidine rings is 1. The number of halogens is 3. The van der Waals surface area contributed by atoms with E-state index in [4.69, 9.17) is 0 Å². The number of hydrogen-bond acceptors (Lipinski definition) is 10. The first-order valence-corrected chi connectivity index (χ1v) is 14.4. The molecule has 3 aromatic rings. The summed E-state index contributed by atoms with van der Waals surface area (Å²) in [7, 11) is 0. The third kappa shape index (κ3) is 6.10. The zero-order chi connectivity index (χ0) is 31.7. The van der Waals surface area contributed by atoms with Crippen LogP contribution in [0, 0.1) is 0 Å². The fraction of sp³-hybridized carbons (Fsp3) is 0.333. The number of fused-ring (bicyclic) bond motifs is 1. The molecule has 12 nitrogen and oxygen atoms in total. The zero-order valence-corrected chi connectivity index (χ0v) is 23.9. The quantitative estimate of drug-likeness (QED) is 0.254. The van der Waals surface area contributed by atoms with Crippen molar-refractivity contribution in [1.29, 1.82) is 0 Å². The molecule has 2 aromatic carbocycles. The number of anilines is 4. The first-order chi connectivity index (χ1) is 21.6. The highest BCUT2D eigenvalue weighted by molar-refractivity contribution is 6.25. The van der Waals surface area contributed by atoms with E-state index in [1.807, 2.05) is 9.80 Å². The van der Waals surface area contributed by atoms with Crippen molar-refractivity contribution in [3.05, 3.63) is 71.4 Å². The second-order valence-electron chi connectivity index (χ2n) is 10.8. The summed E-state index contributed by atoms with van der Waals surface area (Å²) in [6.07, 6.45) is -2.66. The maximum atomic E-state index is 13.3. The Morgan fingerprint density at radius 1 is 0.889 bits per heavy atom. The second-order valence-corrected chi connectivity index (χ2v) is 10.8. The number of carbonyl (C=O) groups excluding carboxylic acids is 4. The smallest absolute Gasteiger partial charge is 0.383 e. The minimum absolute atomic E-state index is 0.0430. The van der Waals surface area contributed by atoms with Crippen LogP contribution in [0.1, 0.15) is 39.1 Å². The maximum absolute atomic E-state index is 13.3. The van der Waals surface area contributed by atoms with Gasteiger partial charge >= 0.3 is 6.18 Å². The summed E-state index contributed by atoms with van der Waals surface area (Å²) in [5, 5.41) is 8.56. The molecule has 1 unspecified atom stereocenters. The lowest BCUT2D eigenvalue weighted by molar-refractivity contribution is -0.138. The van der Waals surface area contributed by atoms with Gasteiger partial charge < -0.3 is 20.4 Å². The van der Waals surface area contributed by atoms with Crippen molar-refractivity contribution in [3.8, 4) is 0 Å². The fourth-order valence-corrected chi connectivity index (χ4v) is 5.69. The van der Waals surface area contributed by atoms with E-state index >= 15 is 0 Å². The molecule has 2 fully saturated rings. The van der Waals surface area contributed by atoms with Gasteiger partial charge in [-0.2, -0.15) is 18.2 Å². The lowest BCUT2D eigenvalue weighted by atomic mass is 10.0. The van der Waals surface area contributed by atoms with Crippen LogP contribution in [0.4, 0.5) is 36.3 Å². The Kier molecular flexibility index (Phi) is 7.99. The zero-order valence-electron chi connectivity index (χ0n) is 23.9. The predicted molar refractivity (Wildman–Crippen MR) is 158 cm³/mol. The Hall–Kier alpha value is -5.21. The Morgan fingerprint density at radius 2 is 1.62 bits per heavy atom. The average Bonchev–Trinajstić information content (AvgIpc) is 3.29. The summed E-state index contributed by atoms with van der Waals surface area (Å²) in [5.41, 5.74) is 0.665. The molecule has 0 radical (unpaired) electrons. The molecule has 0 bridgehead atoms. The monoisotopic (exact) mass is 622 g/mol. The largest absolute Gasteiger partial charge is 0.416 e. The first-order valence-electron chi connectivity index (χ1n) is 14.4. The van der Waals surface area contributed by atoms with E-state index in [2.05, 4.69) is 25.9 Å². The van der Waals surface area contributed by atoms with Gasteiger partial charge in [-0.25, -0.2) is 4.98 Å². The predicted octanol–water partition coefficient (Wildman–Crippen LogP) is 2.75. The molecule has 4 amide bonds. The number of amides is 4. The van der Waals surface area contributed by atoms with Crippen LogP contribution in [0.15, 0.2) is 54.7 Å². The summed E-state index contributed by atoms with van der Waals surface area (Å²) in [6.45, 7) is 2.85. The summed E-state index contributed by atoms with van der Waals surface area (Å²) >= 11 is 0. The summed E-state index contributed by atoms with van der Waals surface area (Å²) in [6, 6.07) is 10.8. The normalized spacial score (nSPS) is 18.6.